The Labute approximate surface area is 147 Å². The molecule has 0 bridgehead atoms. The van der Waals surface area contributed by atoms with Crippen molar-refractivity contribution >= 4 is 5.91 Å². The molecule has 1 aliphatic heterocycles. The number of amides is 1. The van der Waals surface area contributed by atoms with Crippen molar-refractivity contribution in [2.24, 2.45) is 5.73 Å². The van der Waals surface area contributed by atoms with Crippen LogP contribution in [0.15, 0.2) is 30.3 Å². The lowest BCUT2D eigenvalue weighted by atomic mass is 9.95. The molecule has 0 aromatic heterocycles. The third-order valence-electron chi connectivity index (χ3n) is 4.89. The Morgan fingerprint density at radius 1 is 1.12 bits per heavy atom. The smallest absolute Gasteiger partial charge is 0.222 e. The van der Waals surface area contributed by atoms with Gasteiger partial charge in [0.2, 0.25) is 5.91 Å². The fourth-order valence-electron chi connectivity index (χ4n) is 3.67. The first-order chi connectivity index (χ1) is 11.7. The second-order valence-electron chi connectivity index (χ2n) is 6.92. The fraction of sp³-hybridized carbons (Fsp3) is 0.650. The predicted molar refractivity (Wildman–Crippen MR) is 100.0 cm³/mol. The third-order valence-corrected chi connectivity index (χ3v) is 4.89. The minimum Gasteiger partial charge on any atom is -0.340 e. The maximum Gasteiger partial charge on any atom is 0.222 e. The number of hydrogen-bond donors (Lipinski definition) is 1. The van der Waals surface area contributed by atoms with Crippen LogP contribution in [0, 0.1) is 0 Å². The Kier molecular flexibility index (Phi) is 7.73. The van der Waals surface area contributed by atoms with E-state index in [1.54, 1.807) is 0 Å². The molecule has 2 atom stereocenters. The summed E-state index contributed by atoms with van der Waals surface area (Å²) < 4.78 is 0. The number of carbonyl (C=O) groups is 1. The predicted octanol–water partition coefficient (Wildman–Crippen LogP) is 2.84. The fourth-order valence-corrected chi connectivity index (χ4v) is 3.67. The summed E-state index contributed by atoms with van der Waals surface area (Å²) in [6.07, 6.45) is 3.93. The first kappa shape index (κ1) is 18.9. The Hall–Kier alpha value is -1.39. The van der Waals surface area contributed by atoms with Crippen LogP contribution < -0.4 is 5.73 Å². The highest BCUT2D eigenvalue weighted by molar-refractivity contribution is 5.76. The molecule has 2 rings (SSSR count). The topological polar surface area (TPSA) is 49.6 Å². The van der Waals surface area contributed by atoms with Gasteiger partial charge in [-0.25, -0.2) is 0 Å². The monoisotopic (exact) mass is 331 g/mol. The van der Waals surface area contributed by atoms with Gasteiger partial charge in [0.25, 0.3) is 0 Å². The van der Waals surface area contributed by atoms with Crippen molar-refractivity contribution < 1.29 is 4.79 Å². The Bertz CT molecular complexity index is 485. The van der Waals surface area contributed by atoms with Crippen LogP contribution >= 0.6 is 0 Å². The lowest BCUT2D eigenvalue weighted by Gasteiger charge is -2.21. The van der Waals surface area contributed by atoms with Crippen molar-refractivity contribution in [1.29, 1.82) is 0 Å². The molecule has 134 valence electrons. The van der Waals surface area contributed by atoms with E-state index >= 15 is 0 Å². The summed E-state index contributed by atoms with van der Waals surface area (Å²) in [6.45, 7) is 9.16. The number of hydrogen-bond acceptors (Lipinski definition) is 3. The summed E-state index contributed by atoms with van der Waals surface area (Å²) in [6, 6.07) is 10.4. The minimum absolute atomic E-state index is 0.0491. The molecule has 0 unspecified atom stereocenters. The molecule has 1 heterocycles. The quantitative estimate of drug-likeness (QED) is 0.757. The second-order valence-corrected chi connectivity index (χ2v) is 6.92. The Balaban J connectivity index is 1.79. The number of carbonyl (C=O) groups excluding carboxylic acids is 1. The molecule has 1 aliphatic rings. The maximum atomic E-state index is 12.5. The van der Waals surface area contributed by atoms with Gasteiger partial charge in [0.1, 0.15) is 0 Å². The molecule has 1 fully saturated rings. The van der Waals surface area contributed by atoms with Gasteiger partial charge in [-0.3, -0.25) is 4.79 Å². The van der Waals surface area contributed by atoms with Gasteiger partial charge in [0.05, 0.1) is 0 Å². The zero-order valence-electron chi connectivity index (χ0n) is 15.3. The summed E-state index contributed by atoms with van der Waals surface area (Å²) in [5.74, 6) is 0.531. The van der Waals surface area contributed by atoms with Crippen LogP contribution in [-0.2, 0) is 4.79 Å². The zero-order valence-corrected chi connectivity index (χ0v) is 15.3. The molecule has 0 spiro atoms. The number of nitrogens with zero attached hydrogens (tertiary/aromatic N) is 2. The molecule has 24 heavy (non-hydrogen) atoms. The van der Waals surface area contributed by atoms with Gasteiger partial charge in [-0.15, -0.1) is 0 Å². The SMILES string of the molecule is CCCN(CCC)CCCC(=O)N1C[C@@H](N)[C@H](c2ccccc2)C1. The highest BCUT2D eigenvalue weighted by Gasteiger charge is 2.33. The average molecular weight is 332 g/mol. The van der Waals surface area contributed by atoms with E-state index in [0.717, 1.165) is 32.6 Å². The van der Waals surface area contributed by atoms with E-state index < -0.39 is 0 Å². The van der Waals surface area contributed by atoms with Gasteiger partial charge in [0.15, 0.2) is 0 Å². The normalized spacial score (nSPS) is 20.8. The van der Waals surface area contributed by atoms with E-state index in [4.69, 9.17) is 5.73 Å². The number of rotatable bonds is 9. The van der Waals surface area contributed by atoms with E-state index in [-0.39, 0.29) is 17.9 Å². The minimum atomic E-state index is 0.0491. The molecule has 1 aromatic rings. The molecule has 0 saturated carbocycles. The van der Waals surface area contributed by atoms with Gasteiger partial charge in [0, 0.05) is 31.5 Å². The van der Waals surface area contributed by atoms with Crippen molar-refractivity contribution in [2.45, 2.75) is 51.5 Å². The summed E-state index contributed by atoms with van der Waals surface area (Å²) >= 11 is 0. The van der Waals surface area contributed by atoms with Gasteiger partial charge >= 0.3 is 0 Å². The highest BCUT2D eigenvalue weighted by atomic mass is 16.2. The van der Waals surface area contributed by atoms with Crippen molar-refractivity contribution in [1.82, 2.24) is 9.80 Å². The standard InChI is InChI=1S/C20H33N3O/c1-3-12-22(13-4-2)14-8-11-20(24)23-15-18(19(21)16-23)17-9-6-5-7-10-17/h5-7,9-10,18-19H,3-4,8,11-16,21H2,1-2H3/t18-,19+/m0/s1. The van der Waals surface area contributed by atoms with Gasteiger partial charge in [-0.2, -0.15) is 0 Å². The van der Waals surface area contributed by atoms with Gasteiger partial charge in [-0.1, -0.05) is 44.2 Å². The zero-order chi connectivity index (χ0) is 17.4. The van der Waals surface area contributed by atoms with Gasteiger partial charge in [-0.05, 0) is 44.5 Å². The number of nitrogens with two attached hydrogens (primary N) is 1. The lowest BCUT2D eigenvalue weighted by Crippen LogP contribution is -2.33. The maximum absolute atomic E-state index is 12.5. The molecular weight excluding hydrogens is 298 g/mol. The number of benzene rings is 1. The van der Waals surface area contributed by atoms with E-state index in [1.165, 1.54) is 18.4 Å². The Morgan fingerprint density at radius 3 is 2.42 bits per heavy atom. The largest absolute Gasteiger partial charge is 0.340 e. The van der Waals surface area contributed by atoms with Crippen LogP contribution in [0.5, 0.6) is 0 Å². The van der Waals surface area contributed by atoms with E-state index in [2.05, 4.69) is 30.9 Å². The van der Waals surface area contributed by atoms with Crippen molar-refractivity contribution in [3.05, 3.63) is 35.9 Å². The molecule has 1 saturated heterocycles. The van der Waals surface area contributed by atoms with E-state index in [0.29, 0.717) is 13.0 Å². The van der Waals surface area contributed by atoms with Crippen molar-refractivity contribution in [3.63, 3.8) is 0 Å². The third kappa shape index (κ3) is 5.32. The van der Waals surface area contributed by atoms with E-state index in [9.17, 15) is 4.79 Å². The molecule has 1 aromatic carbocycles. The van der Waals surface area contributed by atoms with E-state index in [1.807, 2.05) is 23.1 Å². The highest BCUT2D eigenvalue weighted by Crippen LogP contribution is 2.26. The molecule has 2 N–H and O–H groups in total. The number of likely N-dealkylation sites (tertiary alicyclic amines) is 1. The van der Waals surface area contributed by atoms with Crippen molar-refractivity contribution in [3.8, 4) is 0 Å². The van der Waals surface area contributed by atoms with Crippen molar-refractivity contribution in [2.75, 3.05) is 32.7 Å². The molecule has 4 heteroatoms. The molecule has 1 amide bonds. The average Bonchev–Trinajstić information content (AvgIpc) is 2.98. The van der Waals surface area contributed by atoms with Crippen LogP contribution in [0.4, 0.5) is 0 Å². The lowest BCUT2D eigenvalue weighted by molar-refractivity contribution is -0.130. The van der Waals surface area contributed by atoms with Crippen LogP contribution in [0.1, 0.15) is 51.0 Å². The summed E-state index contributed by atoms with van der Waals surface area (Å²) in [5.41, 5.74) is 7.54. The van der Waals surface area contributed by atoms with Crippen LogP contribution in [-0.4, -0.2) is 54.5 Å². The first-order valence-corrected chi connectivity index (χ1v) is 9.46. The first-order valence-electron chi connectivity index (χ1n) is 9.46. The van der Waals surface area contributed by atoms with Crippen LogP contribution in [0.2, 0.25) is 0 Å². The molecule has 0 radical (unpaired) electrons. The molecule has 0 aliphatic carbocycles. The summed E-state index contributed by atoms with van der Waals surface area (Å²) in [4.78, 5) is 16.9. The second kappa shape index (κ2) is 9.80. The van der Waals surface area contributed by atoms with Gasteiger partial charge < -0.3 is 15.5 Å². The van der Waals surface area contributed by atoms with Crippen LogP contribution in [0.3, 0.4) is 0 Å². The summed E-state index contributed by atoms with van der Waals surface area (Å²) in [7, 11) is 0. The molecule has 4 nitrogen and oxygen atoms in total. The summed E-state index contributed by atoms with van der Waals surface area (Å²) in [5, 5.41) is 0. The Morgan fingerprint density at radius 2 is 1.79 bits per heavy atom. The van der Waals surface area contributed by atoms with Crippen LogP contribution in [0.25, 0.3) is 0 Å². The molecular formula is C20H33N3O.